The molecule has 0 bridgehead atoms. The third kappa shape index (κ3) is 5.73. The molecule has 0 saturated carbocycles. The van der Waals surface area contributed by atoms with Crippen LogP contribution >= 0.6 is 0 Å². The molecule has 5 nitrogen and oxygen atoms in total. The van der Waals surface area contributed by atoms with Crippen LogP contribution in [0.2, 0.25) is 0 Å². The number of carbonyl (C=O) groups excluding carboxylic acids is 1. The summed E-state index contributed by atoms with van der Waals surface area (Å²) in [5.74, 6) is -0.458. The standard InChI is InChI=1S/C14H26F3N3O2/c1-10(2)12(13(22)14(15,16)17)18-5-4-11(21)20-8-6-19(3)7-9-20/h10,12-13,18,22H,4-9H2,1-3H3/t12-,13-/m0/s1. The van der Waals surface area contributed by atoms with Crippen LogP contribution in [-0.2, 0) is 4.79 Å². The number of aliphatic hydroxyl groups is 1. The molecule has 0 radical (unpaired) electrons. The molecule has 22 heavy (non-hydrogen) atoms. The Balaban J connectivity index is 2.41. The fourth-order valence-electron chi connectivity index (χ4n) is 2.48. The predicted molar refractivity (Wildman–Crippen MR) is 77.4 cm³/mol. The van der Waals surface area contributed by atoms with Gasteiger partial charge in [-0.15, -0.1) is 0 Å². The average molecular weight is 325 g/mol. The molecule has 1 saturated heterocycles. The Hall–Kier alpha value is -0.860. The van der Waals surface area contributed by atoms with Gasteiger partial charge in [-0.05, 0) is 13.0 Å². The fourth-order valence-corrected chi connectivity index (χ4v) is 2.48. The summed E-state index contributed by atoms with van der Waals surface area (Å²) in [6.07, 6.45) is -6.95. The minimum atomic E-state index is -4.66. The van der Waals surface area contributed by atoms with Gasteiger partial charge in [0.15, 0.2) is 6.10 Å². The van der Waals surface area contributed by atoms with Crippen LogP contribution in [0, 0.1) is 5.92 Å². The van der Waals surface area contributed by atoms with Crippen LogP contribution in [-0.4, -0.2) is 78.9 Å². The average Bonchev–Trinajstić information content (AvgIpc) is 2.42. The van der Waals surface area contributed by atoms with E-state index in [4.69, 9.17) is 0 Å². The van der Waals surface area contributed by atoms with Gasteiger partial charge >= 0.3 is 6.18 Å². The SMILES string of the molecule is CC(C)[C@H](NCCC(=O)N1CCN(C)CC1)[C@H](O)C(F)(F)F. The van der Waals surface area contributed by atoms with Crippen LogP contribution in [0.5, 0.6) is 0 Å². The predicted octanol–water partition coefficient (Wildman–Crippen LogP) is 0.688. The molecular formula is C14H26F3N3O2. The maximum atomic E-state index is 12.6. The molecule has 1 rings (SSSR count). The van der Waals surface area contributed by atoms with Crippen molar-refractivity contribution in [1.29, 1.82) is 0 Å². The van der Waals surface area contributed by atoms with Gasteiger partial charge in [-0.2, -0.15) is 13.2 Å². The highest BCUT2D eigenvalue weighted by Crippen LogP contribution is 2.25. The topological polar surface area (TPSA) is 55.8 Å². The number of carbonyl (C=O) groups is 1. The van der Waals surface area contributed by atoms with Gasteiger partial charge in [0, 0.05) is 45.2 Å². The molecule has 0 spiro atoms. The van der Waals surface area contributed by atoms with Gasteiger partial charge in [0.2, 0.25) is 5.91 Å². The molecular weight excluding hydrogens is 299 g/mol. The molecule has 1 heterocycles. The van der Waals surface area contributed by atoms with Gasteiger partial charge in [0.1, 0.15) is 0 Å². The zero-order chi connectivity index (χ0) is 16.9. The molecule has 1 fully saturated rings. The molecule has 130 valence electrons. The number of hydrogen-bond donors (Lipinski definition) is 2. The number of nitrogens with one attached hydrogen (secondary N) is 1. The van der Waals surface area contributed by atoms with Crippen LogP contribution in [0.4, 0.5) is 13.2 Å². The number of hydrogen-bond acceptors (Lipinski definition) is 4. The molecule has 1 amide bonds. The smallest absolute Gasteiger partial charge is 0.382 e. The van der Waals surface area contributed by atoms with Crippen molar-refractivity contribution in [3.8, 4) is 0 Å². The number of piperazine rings is 1. The first-order valence-corrected chi connectivity index (χ1v) is 7.57. The van der Waals surface area contributed by atoms with Crippen LogP contribution in [0.15, 0.2) is 0 Å². The largest absolute Gasteiger partial charge is 0.415 e. The van der Waals surface area contributed by atoms with Crippen LogP contribution in [0.1, 0.15) is 20.3 Å². The Morgan fingerprint density at radius 1 is 1.23 bits per heavy atom. The monoisotopic (exact) mass is 325 g/mol. The van der Waals surface area contributed by atoms with E-state index in [-0.39, 0.29) is 18.9 Å². The highest BCUT2D eigenvalue weighted by molar-refractivity contribution is 5.76. The number of halogens is 3. The van der Waals surface area contributed by atoms with Crippen LogP contribution in [0.25, 0.3) is 0 Å². The van der Waals surface area contributed by atoms with E-state index in [0.717, 1.165) is 13.1 Å². The summed E-state index contributed by atoms with van der Waals surface area (Å²) in [4.78, 5) is 15.9. The van der Waals surface area contributed by atoms with E-state index in [1.54, 1.807) is 18.7 Å². The van der Waals surface area contributed by atoms with Crippen LogP contribution in [0.3, 0.4) is 0 Å². The Labute approximate surface area is 129 Å². The summed E-state index contributed by atoms with van der Waals surface area (Å²) >= 11 is 0. The number of likely N-dealkylation sites (N-methyl/N-ethyl adjacent to an activating group) is 1. The first-order valence-electron chi connectivity index (χ1n) is 7.57. The lowest BCUT2D eigenvalue weighted by atomic mass is 9.98. The van der Waals surface area contributed by atoms with E-state index in [2.05, 4.69) is 10.2 Å². The number of amides is 1. The zero-order valence-corrected chi connectivity index (χ0v) is 13.4. The van der Waals surface area contributed by atoms with Crippen molar-refractivity contribution in [2.75, 3.05) is 39.8 Å². The minimum absolute atomic E-state index is 0.0652. The Kier molecular flexibility index (Phi) is 7.08. The first-order chi connectivity index (χ1) is 10.1. The summed E-state index contributed by atoms with van der Waals surface area (Å²) in [6, 6.07) is -1.11. The first kappa shape index (κ1) is 19.2. The van der Waals surface area contributed by atoms with E-state index in [1.807, 2.05) is 7.05 Å². The van der Waals surface area contributed by atoms with Gasteiger partial charge in [-0.3, -0.25) is 4.79 Å². The van der Waals surface area contributed by atoms with Gasteiger partial charge in [-0.25, -0.2) is 0 Å². The molecule has 0 aliphatic carbocycles. The molecule has 0 unspecified atom stereocenters. The van der Waals surface area contributed by atoms with E-state index < -0.39 is 24.2 Å². The van der Waals surface area contributed by atoms with E-state index in [9.17, 15) is 23.1 Å². The number of aliphatic hydroxyl groups excluding tert-OH is 1. The van der Waals surface area contributed by atoms with Gasteiger partial charge < -0.3 is 20.2 Å². The van der Waals surface area contributed by atoms with Gasteiger partial charge in [0.05, 0.1) is 0 Å². The highest BCUT2D eigenvalue weighted by atomic mass is 19.4. The molecule has 0 aromatic carbocycles. The maximum absolute atomic E-state index is 12.6. The second-order valence-electron chi connectivity index (χ2n) is 6.14. The Morgan fingerprint density at radius 3 is 2.23 bits per heavy atom. The normalized spacial score (nSPS) is 20.3. The number of nitrogens with zero attached hydrogens (tertiary/aromatic N) is 2. The Morgan fingerprint density at radius 2 is 1.77 bits per heavy atom. The van der Waals surface area contributed by atoms with Crippen molar-refractivity contribution in [1.82, 2.24) is 15.1 Å². The Bertz CT molecular complexity index is 356. The van der Waals surface area contributed by atoms with Crippen LogP contribution < -0.4 is 5.32 Å². The lowest BCUT2D eigenvalue weighted by Crippen LogP contribution is -2.52. The van der Waals surface area contributed by atoms with E-state index in [1.165, 1.54) is 0 Å². The molecule has 0 aromatic rings. The molecule has 2 atom stereocenters. The lowest BCUT2D eigenvalue weighted by Gasteiger charge is -2.33. The molecule has 8 heteroatoms. The maximum Gasteiger partial charge on any atom is 0.415 e. The van der Waals surface area contributed by atoms with Crippen molar-refractivity contribution >= 4 is 5.91 Å². The summed E-state index contributed by atoms with van der Waals surface area (Å²) in [7, 11) is 1.98. The highest BCUT2D eigenvalue weighted by Gasteiger charge is 2.44. The second-order valence-corrected chi connectivity index (χ2v) is 6.14. The van der Waals surface area contributed by atoms with Crippen molar-refractivity contribution in [3.63, 3.8) is 0 Å². The molecule has 0 aromatic heterocycles. The van der Waals surface area contributed by atoms with E-state index >= 15 is 0 Å². The van der Waals surface area contributed by atoms with Gasteiger partial charge in [0.25, 0.3) is 0 Å². The summed E-state index contributed by atoms with van der Waals surface area (Å²) < 4.78 is 37.8. The van der Waals surface area contributed by atoms with Crippen molar-refractivity contribution in [2.24, 2.45) is 5.92 Å². The molecule has 2 N–H and O–H groups in total. The number of alkyl halides is 3. The molecule has 1 aliphatic rings. The quantitative estimate of drug-likeness (QED) is 0.754. The lowest BCUT2D eigenvalue weighted by molar-refractivity contribution is -0.215. The minimum Gasteiger partial charge on any atom is -0.382 e. The third-order valence-corrected chi connectivity index (χ3v) is 3.97. The van der Waals surface area contributed by atoms with Crippen molar-refractivity contribution in [2.45, 2.75) is 38.6 Å². The summed E-state index contributed by atoms with van der Waals surface area (Å²) in [6.45, 7) is 6.24. The van der Waals surface area contributed by atoms with Crippen molar-refractivity contribution < 1.29 is 23.1 Å². The third-order valence-electron chi connectivity index (χ3n) is 3.97. The molecule has 1 aliphatic heterocycles. The fraction of sp³-hybridized carbons (Fsp3) is 0.929. The summed E-state index contributed by atoms with van der Waals surface area (Å²) in [5.41, 5.74) is 0. The second kappa shape index (κ2) is 8.12. The number of rotatable bonds is 6. The van der Waals surface area contributed by atoms with E-state index in [0.29, 0.717) is 13.1 Å². The zero-order valence-electron chi connectivity index (χ0n) is 13.4. The van der Waals surface area contributed by atoms with Gasteiger partial charge in [-0.1, -0.05) is 13.8 Å². The summed E-state index contributed by atoms with van der Waals surface area (Å²) in [5, 5.41) is 12.0. The van der Waals surface area contributed by atoms with Crippen molar-refractivity contribution in [3.05, 3.63) is 0 Å².